The van der Waals surface area contributed by atoms with Crippen molar-refractivity contribution < 1.29 is 4.42 Å². The molecule has 0 amide bonds. The van der Waals surface area contributed by atoms with E-state index in [-0.39, 0.29) is 0 Å². The molecule has 0 aliphatic carbocycles. The SMILES string of the molecule is CN(Cc1cnccn1)c1nc(-c2ccco2)nc2c1CCNCC2. The van der Waals surface area contributed by atoms with Gasteiger partial charge in [-0.1, -0.05) is 0 Å². The molecule has 0 saturated carbocycles. The third-order valence-corrected chi connectivity index (χ3v) is 4.28. The van der Waals surface area contributed by atoms with Crippen molar-refractivity contribution in [3.8, 4) is 11.6 Å². The molecule has 0 saturated heterocycles. The fourth-order valence-corrected chi connectivity index (χ4v) is 3.09. The lowest BCUT2D eigenvalue weighted by molar-refractivity contribution is 0.576. The van der Waals surface area contributed by atoms with Gasteiger partial charge >= 0.3 is 0 Å². The maximum absolute atomic E-state index is 5.51. The van der Waals surface area contributed by atoms with Crippen molar-refractivity contribution in [3.63, 3.8) is 0 Å². The Morgan fingerprint density at radius 3 is 2.92 bits per heavy atom. The summed E-state index contributed by atoms with van der Waals surface area (Å²) >= 11 is 0. The van der Waals surface area contributed by atoms with Gasteiger partial charge in [-0.2, -0.15) is 0 Å². The number of anilines is 1. The lowest BCUT2D eigenvalue weighted by atomic mass is 10.1. The highest BCUT2D eigenvalue weighted by atomic mass is 16.3. The van der Waals surface area contributed by atoms with Crippen molar-refractivity contribution in [2.45, 2.75) is 19.4 Å². The molecule has 25 heavy (non-hydrogen) atoms. The van der Waals surface area contributed by atoms with Gasteiger partial charge in [0, 0.05) is 38.0 Å². The number of hydrogen-bond donors (Lipinski definition) is 1. The minimum Gasteiger partial charge on any atom is -0.461 e. The Morgan fingerprint density at radius 2 is 2.12 bits per heavy atom. The van der Waals surface area contributed by atoms with E-state index < -0.39 is 0 Å². The Morgan fingerprint density at radius 1 is 1.20 bits per heavy atom. The van der Waals surface area contributed by atoms with E-state index in [2.05, 4.69) is 20.2 Å². The zero-order valence-corrected chi connectivity index (χ0v) is 14.1. The molecule has 0 aromatic carbocycles. The predicted molar refractivity (Wildman–Crippen MR) is 94.2 cm³/mol. The number of nitrogens with one attached hydrogen (secondary N) is 1. The summed E-state index contributed by atoms with van der Waals surface area (Å²) in [6.07, 6.45) is 8.62. The van der Waals surface area contributed by atoms with Crippen LogP contribution in [-0.4, -0.2) is 40.1 Å². The van der Waals surface area contributed by atoms with Crippen molar-refractivity contribution >= 4 is 5.82 Å². The van der Waals surface area contributed by atoms with Gasteiger partial charge in [-0.3, -0.25) is 9.97 Å². The molecular formula is C18H20N6O. The summed E-state index contributed by atoms with van der Waals surface area (Å²) in [7, 11) is 2.03. The van der Waals surface area contributed by atoms with Crippen LogP contribution in [0.1, 0.15) is 17.0 Å². The van der Waals surface area contributed by atoms with Gasteiger partial charge in [-0.05, 0) is 25.1 Å². The van der Waals surface area contributed by atoms with Crippen LogP contribution in [0.5, 0.6) is 0 Å². The number of furan rings is 1. The molecule has 7 heteroatoms. The van der Waals surface area contributed by atoms with Gasteiger partial charge in [-0.25, -0.2) is 9.97 Å². The molecule has 1 N–H and O–H groups in total. The van der Waals surface area contributed by atoms with Gasteiger partial charge < -0.3 is 14.6 Å². The quantitative estimate of drug-likeness (QED) is 0.779. The Balaban J connectivity index is 1.75. The van der Waals surface area contributed by atoms with E-state index in [1.807, 2.05) is 19.2 Å². The number of nitrogens with zero attached hydrogens (tertiary/aromatic N) is 5. The van der Waals surface area contributed by atoms with Crippen LogP contribution < -0.4 is 10.2 Å². The summed E-state index contributed by atoms with van der Waals surface area (Å²) in [6.45, 7) is 2.50. The van der Waals surface area contributed by atoms with E-state index >= 15 is 0 Å². The summed E-state index contributed by atoms with van der Waals surface area (Å²) < 4.78 is 5.51. The Bertz CT molecular complexity index is 834. The molecule has 7 nitrogen and oxygen atoms in total. The number of rotatable bonds is 4. The average Bonchev–Trinajstić information content (AvgIpc) is 3.07. The van der Waals surface area contributed by atoms with Gasteiger partial charge in [0.15, 0.2) is 11.6 Å². The zero-order chi connectivity index (χ0) is 17.1. The average molecular weight is 336 g/mol. The first-order valence-corrected chi connectivity index (χ1v) is 8.41. The molecule has 0 bridgehead atoms. The van der Waals surface area contributed by atoms with Crippen LogP contribution in [0, 0.1) is 0 Å². The summed E-state index contributed by atoms with van der Waals surface area (Å²) in [4.78, 5) is 20.2. The predicted octanol–water partition coefficient (Wildman–Crippen LogP) is 1.85. The molecule has 0 fully saturated rings. The standard InChI is InChI=1S/C18H20N6O/c1-24(12-13-11-20-8-9-21-13)18-14-4-6-19-7-5-15(14)22-17(23-18)16-3-2-10-25-16/h2-3,8-11,19H,4-7,12H2,1H3. The molecule has 0 radical (unpaired) electrons. The summed E-state index contributed by atoms with van der Waals surface area (Å²) in [5, 5.41) is 3.43. The Hall–Kier alpha value is -2.80. The maximum Gasteiger partial charge on any atom is 0.197 e. The highest BCUT2D eigenvalue weighted by molar-refractivity contribution is 5.57. The highest BCUT2D eigenvalue weighted by Crippen LogP contribution is 2.27. The van der Waals surface area contributed by atoms with E-state index in [0.717, 1.165) is 43.1 Å². The minimum absolute atomic E-state index is 0.631. The molecule has 0 atom stereocenters. The van der Waals surface area contributed by atoms with E-state index in [4.69, 9.17) is 14.4 Å². The second-order valence-electron chi connectivity index (χ2n) is 6.08. The molecule has 0 unspecified atom stereocenters. The van der Waals surface area contributed by atoms with Gasteiger partial charge in [0.1, 0.15) is 5.82 Å². The molecule has 3 aromatic rings. The van der Waals surface area contributed by atoms with E-state index in [9.17, 15) is 0 Å². The Kier molecular flexibility index (Phi) is 4.39. The van der Waals surface area contributed by atoms with Crippen molar-refractivity contribution in [3.05, 3.63) is 53.9 Å². The van der Waals surface area contributed by atoms with Crippen molar-refractivity contribution in [1.29, 1.82) is 0 Å². The van der Waals surface area contributed by atoms with Crippen LogP contribution in [-0.2, 0) is 19.4 Å². The van der Waals surface area contributed by atoms with Crippen LogP contribution in [0.15, 0.2) is 41.4 Å². The van der Waals surface area contributed by atoms with Crippen LogP contribution in [0.2, 0.25) is 0 Å². The second-order valence-corrected chi connectivity index (χ2v) is 6.08. The van der Waals surface area contributed by atoms with Crippen molar-refractivity contribution in [2.24, 2.45) is 0 Å². The lowest BCUT2D eigenvalue weighted by Crippen LogP contribution is -2.22. The van der Waals surface area contributed by atoms with Crippen LogP contribution in [0.25, 0.3) is 11.6 Å². The third kappa shape index (κ3) is 3.36. The van der Waals surface area contributed by atoms with E-state index in [0.29, 0.717) is 18.1 Å². The molecule has 1 aliphatic heterocycles. The first kappa shape index (κ1) is 15.7. The van der Waals surface area contributed by atoms with Crippen LogP contribution >= 0.6 is 0 Å². The number of hydrogen-bond acceptors (Lipinski definition) is 7. The number of aromatic nitrogens is 4. The summed E-state index contributed by atoms with van der Waals surface area (Å²) in [5.41, 5.74) is 3.20. The molecule has 3 aromatic heterocycles. The lowest BCUT2D eigenvalue weighted by Gasteiger charge is -2.22. The molecule has 1 aliphatic rings. The molecule has 128 valence electrons. The minimum atomic E-state index is 0.631. The smallest absolute Gasteiger partial charge is 0.197 e. The monoisotopic (exact) mass is 336 g/mol. The molecule has 4 rings (SSSR count). The van der Waals surface area contributed by atoms with Crippen molar-refractivity contribution in [2.75, 3.05) is 25.0 Å². The highest BCUT2D eigenvalue weighted by Gasteiger charge is 2.21. The third-order valence-electron chi connectivity index (χ3n) is 4.28. The number of fused-ring (bicyclic) bond motifs is 1. The molecule has 4 heterocycles. The van der Waals surface area contributed by atoms with Crippen LogP contribution in [0.4, 0.5) is 5.82 Å². The van der Waals surface area contributed by atoms with E-state index in [1.165, 1.54) is 5.56 Å². The van der Waals surface area contributed by atoms with Gasteiger partial charge in [0.05, 0.1) is 30.4 Å². The molecule has 0 spiro atoms. The summed E-state index contributed by atoms with van der Waals surface area (Å²) in [6, 6.07) is 3.75. The van der Waals surface area contributed by atoms with E-state index in [1.54, 1.807) is 24.9 Å². The van der Waals surface area contributed by atoms with Gasteiger partial charge in [0.2, 0.25) is 0 Å². The molecular weight excluding hydrogens is 316 g/mol. The van der Waals surface area contributed by atoms with Crippen molar-refractivity contribution in [1.82, 2.24) is 25.3 Å². The zero-order valence-electron chi connectivity index (χ0n) is 14.1. The van der Waals surface area contributed by atoms with Crippen LogP contribution in [0.3, 0.4) is 0 Å². The fraction of sp³-hybridized carbons (Fsp3) is 0.333. The maximum atomic E-state index is 5.51. The summed E-state index contributed by atoms with van der Waals surface area (Å²) in [5.74, 6) is 2.26. The first-order valence-electron chi connectivity index (χ1n) is 8.41. The largest absolute Gasteiger partial charge is 0.461 e. The normalized spacial score (nSPS) is 14.0. The topological polar surface area (TPSA) is 80.0 Å². The first-order chi connectivity index (χ1) is 12.3. The van der Waals surface area contributed by atoms with Gasteiger partial charge in [0.25, 0.3) is 0 Å². The fourth-order valence-electron chi connectivity index (χ4n) is 3.09. The van der Waals surface area contributed by atoms with Gasteiger partial charge in [-0.15, -0.1) is 0 Å². The Labute approximate surface area is 146 Å². The second kappa shape index (κ2) is 6.98.